The molecule has 1 saturated carbocycles. The number of hydrogen-bond donors (Lipinski definition) is 1. The minimum Gasteiger partial charge on any atom is -0.316 e. The quantitative estimate of drug-likeness (QED) is 0.800. The van der Waals surface area contributed by atoms with Gasteiger partial charge in [-0.3, -0.25) is 0 Å². The Bertz CT molecular complexity index is 392. The van der Waals surface area contributed by atoms with Crippen molar-refractivity contribution in [1.82, 2.24) is 5.32 Å². The zero-order valence-corrected chi connectivity index (χ0v) is 11.1. The average molecular weight is 217 g/mol. The molecule has 0 aliphatic heterocycles. The van der Waals surface area contributed by atoms with Gasteiger partial charge in [-0.05, 0) is 49.8 Å². The summed E-state index contributed by atoms with van der Waals surface area (Å²) in [6.07, 6.45) is 1.27. The van der Waals surface area contributed by atoms with Crippen molar-refractivity contribution in [2.45, 2.75) is 46.1 Å². The van der Waals surface area contributed by atoms with E-state index in [1.165, 1.54) is 17.5 Å². The molecule has 2 atom stereocenters. The maximum atomic E-state index is 3.43. The van der Waals surface area contributed by atoms with Crippen molar-refractivity contribution in [3.05, 3.63) is 34.9 Å². The number of nitrogens with one attached hydrogen (secondary N) is 1. The summed E-state index contributed by atoms with van der Waals surface area (Å²) in [5, 5.41) is 3.43. The largest absolute Gasteiger partial charge is 0.316 e. The number of rotatable bonds is 2. The van der Waals surface area contributed by atoms with Crippen LogP contribution in [0.1, 0.15) is 42.9 Å². The molecule has 1 nitrogen and oxygen atoms in total. The van der Waals surface area contributed by atoms with Crippen molar-refractivity contribution < 1.29 is 0 Å². The molecule has 1 aliphatic rings. The molecule has 2 unspecified atom stereocenters. The van der Waals surface area contributed by atoms with Gasteiger partial charge < -0.3 is 5.32 Å². The van der Waals surface area contributed by atoms with Crippen molar-refractivity contribution >= 4 is 0 Å². The summed E-state index contributed by atoms with van der Waals surface area (Å²) in [7, 11) is 2.08. The fourth-order valence-corrected chi connectivity index (χ4v) is 3.08. The fourth-order valence-electron chi connectivity index (χ4n) is 3.08. The topological polar surface area (TPSA) is 12.0 Å². The molecule has 2 rings (SSSR count). The highest BCUT2D eigenvalue weighted by Crippen LogP contribution is 2.53. The van der Waals surface area contributed by atoms with Gasteiger partial charge in [-0.2, -0.15) is 0 Å². The smallest absolute Gasteiger partial charge is 0.0127 e. The maximum absolute atomic E-state index is 3.43. The molecule has 1 fully saturated rings. The van der Waals surface area contributed by atoms with E-state index in [2.05, 4.69) is 58.3 Å². The van der Waals surface area contributed by atoms with Crippen LogP contribution in [0, 0.1) is 19.3 Å². The summed E-state index contributed by atoms with van der Waals surface area (Å²) < 4.78 is 0. The molecule has 88 valence electrons. The van der Waals surface area contributed by atoms with Gasteiger partial charge in [0.2, 0.25) is 0 Å². The lowest BCUT2D eigenvalue weighted by Crippen LogP contribution is -2.54. The molecule has 0 aromatic heterocycles. The van der Waals surface area contributed by atoms with Crippen LogP contribution in [0.2, 0.25) is 0 Å². The SMILES string of the molecule is CNC1CC(c2cc(C)ccc2C)C1(C)C. The van der Waals surface area contributed by atoms with Gasteiger partial charge >= 0.3 is 0 Å². The van der Waals surface area contributed by atoms with E-state index in [-0.39, 0.29) is 0 Å². The number of benzene rings is 1. The number of aryl methyl sites for hydroxylation is 2. The highest BCUT2D eigenvalue weighted by molar-refractivity contribution is 5.37. The monoisotopic (exact) mass is 217 g/mol. The van der Waals surface area contributed by atoms with Gasteiger partial charge in [0.1, 0.15) is 0 Å². The Morgan fingerprint density at radius 1 is 1.25 bits per heavy atom. The molecular formula is C15H23N. The average Bonchev–Trinajstić information content (AvgIpc) is 2.22. The Labute approximate surface area is 99.3 Å². The first-order valence-electron chi connectivity index (χ1n) is 6.21. The minimum absolute atomic E-state index is 0.382. The zero-order chi connectivity index (χ0) is 11.9. The Balaban J connectivity index is 2.30. The van der Waals surface area contributed by atoms with Gasteiger partial charge in [0, 0.05) is 6.04 Å². The van der Waals surface area contributed by atoms with E-state index in [0.29, 0.717) is 17.4 Å². The lowest BCUT2D eigenvalue weighted by molar-refractivity contribution is 0.0747. The summed E-state index contributed by atoms with van der Waals surface area (Å²) in [6.45, 7) is 9.18. The molecule has 1 aromatic carbocycles. The molecule has 0 spiro atoms. The first-order valence-corrected chi connectivity index (χ1v) is 6.21. The highest BCUT2D eigenvalue weighted by Gasteiger charge is 2.48. The van der Waals surface area contributed by atoms with Gasteiger partial charge in [-0.25, -0.2) is 0 Å². The van der Waals surface area contributed by atoms with E-state index in [0.717, 1.165) is 0 Å². The molecule has 1 aromatic rings. The molecular weight excluding hydrogens is 194 g/mol. The van der Waals surface area contributed by atoms with Crippen LogP contribution in [-0.4, -0.2) is 13.1 Å². The second-order valence-electron chi connectivity index (χ2n) is 5.81. The number of hydrogen-bond acceptors (Lipinski definition) is 1. The van der Waals surface area contributed by atoms with Crippen molar-refractivity contribution in [2.75, 3.05) is 7.05 Å². The van der Waals surface area contributed by atoms with Crippen molar-refractivity contribution in [2.24, 2.45) is 5.41 Å². The highest BCUT2D eigenvalue weighted by atomic mass is 14.9. The van der Waals surface area contributed by atoms with Gasteiger partial charge in [-0.15, -0.1) is 0 Å². The van der Waals surface area contributed by atoms with Gasteiger partial charge in [-0.1, -0.05) is 37.6 Å². The normalized spacial score (nSPS) is 27.6. The zero-order valence-electron chi connectivity index (χ0n) is 11.1. The van der Waals surface area contributed by atoms with E-state index in [4.69, 9.17) is 0 Å². The van der Waals surface area contributed by atoms with Gasteiger partial charge in [0.15, 0.2) is 0 Å². The van der Waals surface area contributed by atoms with Crippen LogP contribution in [0.25, 0.3) is 0 Å². The fraction of sp³-hybridized carbons (Fsp3) is 0.600. The Morgan fingerprint density at radius 2 is 1.94 bits per heavy atom. The summed E-state index contributed by atoms with van der Waals surface area (Å²) in [6, 6.07) is 7.50. The molecule has 0 amide bonds. The Kier molecular flexibility index (Phi) is 2.83. The second kappa shape index (κ2) is 3.89. The first-order chi connectivity index (χ1) is 7.46. The third-order valence-electron chi connectivity index (χ3n) is 4.43. The summed E-state index contributed by atoms with van der Waals surface area (Å²) in [4.78, 5) is 0. The summed E-state index contributed by atoms with van der Waals surface area (Å²) in [5.41, 5.74) is 4.76. The summed E-state index contributed by atoms with van der Waals surface area (Å²) in [5.74, 6) is 0.713. The van der Waals surface area contributed by atoms with Crippen LogP contribution in [0.15, 0.2) is 18.2 Å². The van der Waals surface area contributed by atoms with Crippen molar-refractivity contribution in [3.63, 3.8) is 0 Å². The third-order valence-corrected chi connectivity index (χ3v) is 4.43. The molecule has 1 N–H and O–H groups in total. The lowest BCUT2D eigenvalue weighted by atomic mass is 9.56. The maximum Gasteiger partial charge on any atom is 0.0127 e. The van der Waals surface area contributed by atoms with Crippen LogP contribution < -0.4 is 5.32 Å². The Morgan fingerprint density at radius 3 is 2.50 bits per heavy atom. The predicted molar refractivity (Wildman–Crippen MR) is 69.9 cm³/mol. The van der Waals surface area contributed by atoms with Crippen LogP contribution in [-0.2, 0) is 0 Å². The van der Waals surface area contributed by atoms with Crippen molar-refractivity contribution in [3.8, 4) is 0 Å². The molecule has 0 saturated heterocycles. The van der Waals surface area contributed by atoms with Gasteiger partial charge in [0.25, 0.3) is 0 Å². The van der Waals surface area contributed by atoms with Gasteiger partial charge in [0.05, 0.1) is 0 Å². The second-order valence-corrected chi connectivity index (χ2v) is 5.81. The van der Waals surface area contributed by atoms with Crippen LogP contribution >= 0.6 is 0 Å². The van der Waals surface area contributed by atoms with Crippen LogP contribution in [0.3, 0.4) is 0 Å². The molecule has 0 bridgehead atoms. The first kappa shape index (κ1) is 11.7. The van der Waals surface area contributed by atoms with Crippen LogP contribution in [0.4, 0.5) is 0 Å². The predicted octanol–water partition coefficient (Wildman–Crippen LogP) is 3.40. The molecule has 0 heterocycles. The molecule has 0 radical (unpaired) electrons. The molecule has 1 aliphatic carbocycles. The van der Waals surface area contributed by atoms with E-state index in [1.54, 1.807) is 5.56 Å². The van der Waals surface area contributed by atoms with E-state index in [9.17, 15) is 0 Å². The molecule has 16 heavy (non-hydrogen) atoms. The minimum atomic E-state index is 0.382. The summed E-state index contributed by atoms with van der Waals surface area (Å²) >= 11 is 0. The Hall–Kier alpha value is -0.820. The van der Waals surface area contributed by atoms with E-state index >= 15 is 0 Å². The van der Waals surface area contributed by atoms with Crippen LogP contribution in [0.5, 0.6) is 0 Å². The van der Waals surface area contributed by atoms with E-state index < -0.39 is 0 Å². The third kappa shape index (κ3) is 1.67. The standard InChI is InChI=1S/C15H23N/c1-10-6-7-11(2)12(8-10)13-9-14(16-5)15(13,3)4/h6-8,13-14,16H,9H2,1-5H3. The molecule has 1 heteroatoms. The lowest BCUT2D eigenvalue weighted by Gasteiger charge is -2.53. The van der Waals surface area contributed by atoms with Crippen molar-refractivity contribution in [1.29, 1.82) is 0 Å². The van der Waals surface area contributed by atoms with E-state index in [1.807, 2.05) is 0 Å².